The van der Waals surface area contributed by atoms with Crippen molar-refractivity contribution >= 4 is 5.95 Å². The van der Waals surface area contributed by atoms with Gasteiger partial charge in [-0.3, -0.25) is 0 Å². The molecule has 0 bridgehead atoms. The van der Waals surface area contributed by atoms with Crippen molar-refractivity contribution in [1.82, 2.24) is 9.97 Å². The Labute approximate surface area is 107 Å². The van der Waals surface area contributed by atoms with E-state index in [-0.39, 0.29) is 0 Å². The Morgan fingerprint density at radius 3 is 2.72 bits per heavy atom. The minimum Gasteiger partial charge on any atom is -0.388 e. The molecule has 2 N–H and O–H groups in total. The van der Waals surface area contributed by atoms with E-state index in [2.05, 4.69) is 15.3 Å². The van der Waals surface area contributed by atoms with E-state index in [1.165, 1.54) is 12.8 Å². The van der Waals surface area contributed by atoms with Crippen molar-refractivity contribution in [2.75, 3.05) is 11.9 Å². The Kier molecular flexibility index (Phi) is 4.11. The fraction of sp³-hybridized carbons (Fsp3) is 0.615. The molecule has 0 spiro atoms. The third kappa shape index (κ3) is 3.41. The highest BCUT2D eigenvalue weighted by molar-refractivity contribution is 5.30. The molecule has 0 amide bonds. The van der Waals surface area contributed by atoms with Crippen LogP contribution >= 0.6 is 0 Å². The summed E-state index contributed by atoms with van der Waals surface area (Å²) in [5, 5.41) is 22.2. The first kappa shape index (κ1) is 12.8. The maximum atomic E-state index is 10.5. The van der Waals surface area contributed by atoms with E-state index in [0.717, 1.165) is 25.7 Å². The SMILES string of the molecule is N#Cc1ccnc(NCC2(O)CCCCCC2)n1. The minimum absolute atomic E-state index is 0.334. The molecule has 5 heteroatoms. The fourth-order valence-corrected chi connectivity index (χ4v) is 2.31. The van der Waals surface area contributed by atoms with Crippen LogP contribution in [0.25, 0.3) is 0 Å². The molecular weight excluding hydrogens is 228 g/mol. The molecule has 0 aromatic carbocycles. The molecule has 1 heterocycles. The van der Waals surface area contributed by atoms with E-state index in [1.807, 2.05) is 6.07 Å². The normalized spacial score (nSPS) is 18.7. The second-order valence-electron chi connectivity index (χ2n) is 4.87. The molecule has 5 nitrogen and oxygen atoms in total. The predicted molar refractivity (Wildman–Crippen MR) is 67.9 cm³/mol. The summed E-state index contributed by atoms with van der Waals surface area (Å²) >= 11 is 0. The third-order valence-electron chi connectivity index (χ3n) is 3.38. The lowest BCUT2D eigenvalue weighted by Gasteiger charge is -2.26. The van der Waals surface area contributed by atoms with Crippen molar-refractivity contribution in [3.63, 3.8) is 0 Å². The van der Waals surface area contributed by atoms with Crippen LogP contribution in [0.1, 0.15) is 44.2 Å². The summed E-state index contributed by atoms with van der Waals surface area (Å²) < 4.78 is 0. The van der Waals surface area contributed by atoms with Crippen molar-refractivity contribution in [1.29, 1.82) is 5.26 Å². The summed E-state index contributed by atoms with van der Waals surface area (Å²) in [5.74, 6) is 0.409. The standard InChI is InChI=1S/C13H18N4O/c14-9-11-5-8-15-12(17-11)16-10-13(18)6-3-1-2-4-7-13/h5,8,18H,1-4,6-7,10H2,(H,15,16,17). The van der Waals surface area contributed by atoms with Crippen LogP contribution in [0, 0.1) is 11.3 Å². The first-order valence-corrected chi connectivity index (χ1v) is 6.41. The number of nitriles is 1. The molecule has 1 saturated carbocycles. The number of nitrogens with zero attached hydrogens (tertiary/aromatic N) is 3. The Bertz CT molecular complexity index is 433. The Balaban J connectivity index is 1.95. The van der Waals surface area contributed by atoms with Crippen molar-refractivity contribution in [2.24, 2.45) is 0 Å². The lowest BCUT2D eigenvalue weighted by Crippen LogP contribution is -2.36. The van der Waals surface area contributed by atoms with Crippen LogP contribution in [-0.4, -0.2) is 27.2 Å². The minimum atomic E-state index is -0.664. The van der Waals surface area contributed by atoms with E-state index in [0.29, 0.717) is 18.2 Å². The van der Waals surface area contributed by atoms with Gasteiger partial charge in [0.15, 0.2) is 0 Å². The van der Waals surface area contributed by atoms with Crippen molar-refractivity contribution in [3.8, 4) is 6.07 Å². The summed E-state index contributed by atoms with van der Waals surface area (Å²) in [6.45, 7) is 0.446. The Morgan fingerprint density at radius 2 is 2.06 bits per heavy atom. The number of nitrogens with one attached hydrogen (secondary N) is 1. The molecule has 1 aromatic rings. The molecule has 0 aliphatic heterocycles. The molecule has 96 valence electrons. The second kappa shape index (κ2) is 5.78. The van der Waals surface area contributed by atoms with Crippen LogP contribution in [0.15, 0.2) is 12.3 Å². The molecule has 1 aliphatic rings. The molecule has 0 unspecified atom stereocenters. The van der Waals surface area contributed by atoms with Gasteiger partial charge in [-0.05, 0) is 18.9 Å². The van der Waals surface area contributed by atoms with Gasteiger partial charge in [0.25, 0.3) is 0 Å². The predicted octanol–water partition coefficient (Wildman–Crippen LogP) is 1.85. The lowest BCUT2D eigenvalue weighted by molar-refractivity contribution is 0.0379. The quantitative estimate of drug-likeness (QED) is 0.795. The zero-order valence-electron chi connectivity index (χ0n) is 10.4. The van der Waals surface area contributed by atoms with Crippen LogP contribution in [0.2, 0.25) is 0 Å². The lowest BCUT2D eigenvalue weighted by atomic mass is 9.95. The summed E-state index contributed by atoms with van der Waals surface area (Å²) in [6.07, 6.45) is 7.71. The first-order chi connectivity index (χ1) is 8.72. The van der Waals surface area contributed by atoms with Crippen LogP contribution in [-0.2, 0) is 0 Å². The topological polar surface area (TPSA) is 81.8 Å². The summed E-state index contributed by atoms with van der Waals surface area (Å²) in [7, 11) is 0. The number of rotatable bonds is 3. The van der Waals surface area contributed by atoms with E-state index in [4.69, 9.17) is 5.26 Å². The number of anilines is 1. The van der Waals surface area contributed by atoms with Crippen LogP contribution in [0.5, 0.6) is 0 Å². The van der Waals surface area contributed by atoms with E-state index >= 15 is 0 Å². The molecule has 0 radical (unpaired) electrons. The summed E-state index contributed by atoms with van der Waals surface area (Å²) in [6, 6.07) is 3.53. The molecule has 2 rings (SSSR count). The van der Waals surface area contributed by atoms with Gasteiger partial charge in [-0.15, -0.1) is 0 Å². The highest BCUT2D eigenvalue weighted by Gasteiger charge is 2.27. The maximum absolute atomic E-state index is 10.5. The van der Waals surface area contributed by atoms with Crippen LogP contribution < -0.4 is 5.32 Å². The summed E-state index contributed by atoms with van der Waals surface area (Å²) in [5.41, 5.74) is -0.331. The molecule has 1 fully saturated rings. The summed E-state index contributed by atoms with van der Waals surface area (Å²) in [4.78, 5) is 8.08. The average Bonchev–Trinajstić information content (AvgIpc) is 2.62. The van der Waals surface area contributed by atoms with Crippen LogP contribution in [0.4, 0.5) is 5.95 Å². The first-order valence-electron chi connectivity index (χ1n) is 6.41. The van der Waals surface area contributed by atoms with Gasteiger partial charge >= 0.3 is 0 Å². The fourth-order valence-electron chi connectivity index (χ4n) is 2.31. The van der Waals surface area contributed by atoms with Gasteiger partial charge in [0.05, 0.1) is 5.60 Å². The number of hydrogen-bond donors (Lipinski definition) is 2. The number of hydrogen-bond acceptors (Lipinski definition) is 5. The molecule has 1 aliphatic carbocycles. The van der Waals surface area contributed by atoms with Gasteiger partial charge in [-0.1, -0.05) is 25.7 Å². The van der Waals surface area contributed by atoms with E-state index in [9.17, 15) is 5.11 Å². The average molecular weight is 246 g/mol. The highest BCUT2D eigenvalue weighted by atomic mass is 16.3. The largest absolute Gasteiger partial charge is 0.388 e. The molecule has 0 atom stereocenters. The Morgan fingerprint density at radius 1 is 1.33 bits per heavy atom. The molecule has 18 heavy (non-hydrogen) atoms. The van der Waals surface area contributed by atoms with Gasteiger partial charge in [0.2, 0.25) is 5.95 Å². The number of aliphatic hydroxyl groups is 1. The molecule has 1 aromatic heterocycles. The second-order valence-corrected chi connectivity index (χ2v) is 4.87. The highest BCUT2D eigenvalue weighted by Crippen LogP contribution is 2.26. The van der Waals surface area contributed by atoms with Crippen molar-refractivity contribution < 1.29 is 5.11 Å². The Hall–Kier alpha value is -1.67. The smallest absolute Gasteiger partial charge is 0.223 e. The number of aromatic nitrogens is 2. The van der Waals surface area contributed by atoms with E-state index in [1.54, 1.807) is 12.3 Å². The zero-order chi connectivity index (χ0) is 12.8. The third-order valence-corrected chi connectivity index (χ3v) is 3.38. The van der Waals surface area contributed by atoms with Gasteiger partial charge in [-0.25, -0.2) is 9.97 Å². The van der Waals surface area contributed by atoms with Gasteiger partial charge < -0.3 is 10.4 Å². The monoisotopic (exact) mass is 246 g/mol. The van der Waals surface area contributed by atoms with Crippen LogP contribution in [0.3, 0.4) is 0 Å². The van der Waals surface area contributed by atoms with Gasteiger partial charge in [0, 0.05) is 12.7 Å². The molecular formula is C13H18N4O. The maximum Gasteiger partial charge on any atom is 0.223 e. The van der Waals surface area contributed by atoms with Crippen molar-refractivity contribution in [2.45, 2.75) is 44.1 Å². The molecule has 0 saturated heterocycles. The van der Waals surface area contributed by atoms with Gasteiger partial charge in [-0.2, -0.15) is 5.26 Å². The van der Waals surface area contributed by atoms with Crippen molar-refractivity contribution in [3.05, 3.63) is 18.0 Å². The zero-order valence-corrected chi connectivity index (χ0v) is 10.4. The van der Waals surface area contributed by atoms with E-state index < -0.39 is 5.60 Å². The van der Waals surface area contributed by atoms with Gasteiger partial charge in [0.1, 0.15) is 11.8 Å².